The van der Waals surface area contributed by atoms with Gasteiger partial charge in [-0.15, -0.1) is 5.73 Å². The van der Waals surface area contributed by atoms with Gasteiger partial charge < -0.3 is 17.0 Å². The van der Waals surface area contributed by atoms with Gasteiger partial charge in [0.25, 0.3) is 0 Å². The fraction of sp³-hybridized carbons (Fsp3) is 0. The Balaban J connectivity index is 0.000000845. The van der Waals surface area contributed by atoms with Crippen molar-refractivity contribution in [2.75, 3.05) is 0 Å². The van der Waals surface area contributed by atoms with Crippen LogP contribution >= 0.6 is 0 Å². The van der Waals surface area contributed by atoms with Crippen LogP contribution in [0.1, 0.15) is 5.56 Å². The second kappa shape index (κ2) is 6.95. The summed E-state index contributed by atoms with van der Waals surface area (Å²) >= 11 is 0. The van der Waals surface area contributed by atoms with Gasteiger partial charge in [0.05, 0.1) is 0 Å². The predicted octanol–water partition coefficient (Wildman–Crippen LogP) is 0.000690. The van der Waals surface area contributed by atoms with Crippen LogP contribution in [0.2, 0.25) is 0 Å². The molecule has 1 aromatic carbocycles. The van der Waals surface area contributed by atoms with Crippen molar-refractivity contribution in [1.82, 2.24) is 0 Å². The van der Waals surface area contributed by atoms with E-state index >= 15 is 0 Å². The summed E-state index contributed by atoms with van der Waals surface area (Å²) < 4.78 is 0. The number of rotatable bonds is 1. The molecule has 0 spiro atoms. The van der Waals surface area contributed by atoms with E-state index in [0.717, 1.165) is 0 Å². The summed E-state index contributed by atoms with van der Waals surface area (Å²) in [5, 5.41) is 0. The summed E-state index contributed by atoms with van der Waals surface area (Å²) in [5.74, 6) is 0. The van der Waals surface area contributed by atoms with E-state index in [0.29, 0.717) is 0 Å². The van der Waals surface area contributed by atoms with Crippen molar-refractivity contribution in [2.24, 2.45) is 0 Å². The topological polar surface area (TPSA) is 0 Å². The molecule has 67 valence electrons. The van der Waals surface area contributed by atoms with E-state index in [1.54, 1.807) is 0 Å². The standard InChI is InChI=1S/C12H9.BrH.Zn/c1-3-7-11(8-4-1)12-9-5-2-6-10-12;;/h1,3-10H;1H;/p-1. The van der Waals surface area contributed by atoms with Gasteiger partial charge in [0.2, 0.25) is 0 Å². The first-order valence-electron chi connectivity index (χ1n) is 3.98. The third-order valence-electron chi connectivity index (χ3n) is 1.83. The van der Waals surface area contributed by atoms with Crippen molar-refractivity contribution >= 4 is 5.57 Å². The van der Waals surface area contributed by atoms with Crippen LogP contribution in [0.25, 0.3) is 5.57 Å². The molecular weight excluding hydrogens is 289 g/mol. The Morgan fingerprint density at radius 2 is 1.64 bits per heavy atom. The van der Waals surface area contributed by atoms with Crippen molar-refractivity contribution in [3.05, 3.63) is 66.3 Å². The quantitative estimate of drug-likeness (QED) is 0.506. The molecular formula is C12H9BrZn-. The van der Waals surface area contributed by atoms with Crippen LogP contribution in [0.5, 0.6) is 0 Å². The zero-order valence-electron chi connectivity index (χ0n) is 7.78. The predicted molar refractivity (Wildman–Crippen MR) is 51.4 cm³/mol. The van der Waals surface area contributed by atoms with Crippen LogP contribution in [0.15, 0.2) is 54.3 Å². The van der Waals surface area contributed by atoms with Gasteiger partial charge in [-0.25, -0.2) is 0 Å². The molecule has 0 unspecified atom stereocenters. The Kier molecular flexibility index (Phi) is 6.75. The molecule has 0 bridgehead atoms. The summed E-state index contributed by atoms with van der Waals surface area (Å²) in [6.07, 6.45) is 8.00. The molecule has 1 aliphatic carbocycles. The van der Waals surface area contributed by atoms with E-state index in [1.807, 2.05) is 30.4 Å². The molecule has 0 aliphatic heterocycles. The Hall–Kier alpha value is -0.417. The van der Waals surface area contributed by atoms with Gasteiger partial charge in [-0.2, -0.15) is 0 Å². The molecule has 0 heterocycles. The van der Waals surface area contributed by atoms with E-state index in [1.165, 1.54) is 11.1 Å². The van der Waals surface area contributed by atoms with Crippen LogP contribution < -0.4 is 17.0 Å². The summed E-state index contributed by atoms with van der Waals surface area (Å²) in [7, 11) is 0. The zero-order valence-corrected chi connectivity index (χ0v) is 12.3. The smallest absolute Gasteiger partial charge is 0.0210 e. The van der Waals surface area contributed by atoms with Crippen LogP contribution in [0.3, 0.4) is 0 Å². The van der Waals surface area contributed by atoms with Crippen molar-refractivity contribution in [3.8, 4) is 0 Å². The zero-order chi connectivity index (χ0) is 8.23. The first kappa shape index (κ1) is 13.6. The molecule has 0 atom stereocenters. The van der Waals surface area contributed by atoms with Gasteiger partial charge in [0, 0.05) is 25.9 Å². The van der Waals surface area contributed by atoms with Gasteiger partial charge in [0.1, 0.15) is 0 Å². The summed E-state index contributed by atoms with van der Waals surface area (Å²) in [4.78, 5) is 0. The van der Waals surface area contributed by atoms with E-state index in [4.69, 9.17) is 0 Å². The van der Waals surface area contributed by atoms with Gasteiger partial charge in [-0.1, -0.05) is 36.4 Å². The van der Waals surface area contributed by atoms with Crippen molar-refractivity contribution in [2.45, 2.75) is 0 Å². The fourth-order valence-corrected chi connectivity index (χ4v) is 1.21. The summed E-state index contributed by atoms with van der Waals surface area (Å²) in [6, 6.07) is 10.3. The molecule has 1 radical (unpaired) electrons. The Morgan fingerprint density at radius 3 is 2.21 bits per heavy atom. The van der Waals surface area contributed by atoms with Crippen LogP contribution in [-0.2, 0) is 19.5 Å². The minimum atomic E-state index is 0. The fourth-order valence-electron chi connectivity index (χ4n) is 1.21. The molecule has 2 rings (SSSR count). The molecule has 0 amide bonds. The molecule has 0 saturated heterocycles. The minimum Gasteiger partial charge on any atom is -1.00 e. The molecule has 1 aromatic rings. The average molecular weight is 298 g/mol. The normalized spacial score (nSPS) is 12.4. The maximum atomic E-state index is 3.00. The summed E-state index contributed by atoms with van der Waals surface area (Å²) in [6.45, 7) is 0. The van der Waals surface area contributed by atoms with Crippen LogP contribution in [0.4, 0.5) is 0 Å². The molecule has 0 fully saturated rings. The molecule has 1 aliphatic rings. The number of halogens is 1. The molecule has 0 nitrogen and oxygen atoms in total. The number of hydrogen-bond acceptors (Lipinski definition) is 0. The van der Waals surface area contributed by atoms with Crippen molar-refractivity contribution < 1.29 is 36.5 Å². The monoisotopic (exact) mass is 296 g/mol. The number of benzene rings is 1. The molecule has 0 saturated carbocycles. The first-order valence-corrected chi connectivity index (χ1v) is 3.98. The summed E-state index contributed by atoms with van der Waals surface area (Å²) in [5.41, 5.74) is 5.50. The minimum absolute atomic E-state index is 0. The second-order valence-electron chi connectivity index (χ2n) is 2.65. The van der Waals surface area contributed by atoms with E-state index in [9.17, 15) is 0 Å². The number of hydrogen-bond donors (Lipinski definition) is 0. The second-order valence-corrected chi connectivity index (χ2v) is 2.65. The van der Waals surface area contributed by atoms with Gasteiger partial charge in [-0.3, -0.25) is 0 Å². The van der Waals surface area contributed by atoms with Crippen molar-refractivity contribution in [1.29, 1.82) is 0 Å². The molecule has 14 heavy (non-hydrogen) atoms. The van der Waals surface area contributed by atoms with Crippen LogP contribution in [-0.4, -0.2) is 0 Å². The SMILES string of the molecule is C1=C[CH]C(c2ccccc2)=CC=1.[Br-].[Zn]. The van der Waals surface area contributed by atoms with Gasteiger partial charge in [0.15, 0.2) is 0 Å². The van der Waals surface area contributed by atoms with Gasteiger partial charge >= 0.3 is 0 Å². The van der Waals surface area contributed by atoms with E-state index < -0.39 is 0 Å². The van der Waals surface area contributed by atoms with Gasteiger partial charge in [-0.05, 0) is 23.3 Å². The Morgan fingerprint density at radius 1 is 0.929 bits per heavy atom. The molecule has 0 N–H and O–H groups in total. The molecule has 0 aromatic heterocycles. The van der Waals surface area contributed by atoms with E-state index in [-0.39, 0.29) is 36.5 Å². The Labute approximate surface area is 108 Å². The maximum absolute atomic E-state index is 3.00. The Bertz CT molecular complexity index is 359. The molecule has 2 heteroatoms. The maximum Gasteiger partial charge on any atom is 0.0210 e. The van der Waals surface area contributed by atoms with E-state index in [2.05, 4.69) is 30.4 Å². The average Bonchev–Trinajstić information content (AvgIpc) is 2.21. The first-order chi connectivity index (χ1) is 5.97. The number of allylic oxidation sites excluding steroid dienone is 3. The van der Waals surface area contributed by atoms with Crippen LogP contribution in [0, 0.1) is 6.42 Å². The third kappa shape index (κ3) is 3.38. The largest absolute Gasteiger partial charge is 1.00 e. The third-order valence-corrected chi connectivity index (χ3v) is 1.83. The van der Waals surface area contributed by atoms with Crippen molar-refractivity contribution in [3.63, 3.8) is 0 Å².